The quantitative estimate of drug-likeness (QED) is 0.342. The summed E-state index contributed by atoms with van der Waals surface area (Å²) in [5.41, 5.74) is 1.02. The first-order chi connectivity index (χ1) is 18.7. The van der Waals surface area contributed by atoms with Gasteiger partial charge < -0.3 is 34.5 Å². The first-order valence-corrected chi connectivity index (χ1v) is 14.5. The molecular weight excluding hydrogens is 522 g/mol. The van der Waals surface area contributed by atoms with Gasteiger partial charge in [0, 0.05) is 37.6 Å². The molecule has 222 valence electrons. The number of carbonyl (C=O) groups is 1. The van der Waals surface area contributed by atoms with Crippen molar-refractivity contribution in [2.75, 3.05) is 34.0 Å². The molecule has 2 aliphatic heterocycles. The molecule has 2 aliphatic rings. The predicted octanol–water partition coefficient (Wildman–Crippen LogP) is 4.25. The number of halogens is 1. The zero-order chi connectivity index (χ0) is 28.8. The minimum atomic E-state index is -0.899. The summed E-state index contributed by atoms with van der Waals surface area (Å²) in [6.45, 7) is 7.80. The molecule has 1 aromatic rings. The van der Waals surface area contributed by atoms with Crippen molar-refractivity contribution in [2.24, 2.45) is 11.8 Å². The number of aliphatic hydroxyl groups excluding tert-OH is 2. The Kier molecular flexibility index (Phi) is 15.6. The van der Waals surface area contributed by atoms with E-state index >= 15 is 0 Å². The van der Waals surface area contributed by atoms with Crippen molar-refractivity contribution < 1.29 is 34.0 Å². The van der Waals surface area contributed by atoms with Crippen molar-refractivity contribution in [1.29, 1.82) is 0 Å². The van der Waals surface area contributed by atoms with Crippen LogP contribution in [0.25, 0.3) is 6.08 Å². The molecular formula is C30H48ClNO7. The molecule has 0 radical (unpaired) electrons. The summed E-state index contributed by atoms with van der Waals surface area (Å²) in [5.74, 6) is 0.0511. The number of amides is 1. The van der Waals surface area contributed by atoms with E-state index in [0.29, 0.717) is 24.8 Å². The Labute approximate surface area is 239 Å². The molecule has 0 bridgehead atoms. The fourth-order valence-corrected chi connectivity index (χ4v) is 5.03. The van der Waals surface area contributed by atoms with Crippen molar-refractivity contribution in [1.82, 2.24) is 5.32 Å². The average Bonchev–Trinajstić information content (AvgIpc) is 2.92. The highest BCUT2D eigenvalue weighted by molar-refractivity contribution is 6.30. The zero-order valence-electron chi connectivity index (χ0n) is 24.1. The summed E-state index contributed by atoms with van der Waals surface area (Å²) < 4.78 is 21.7. The third kappa shape index (κ3) is 10.8. The molecule has 8 nitrogen and oxygen atoms in total. The highest BCUT2D eigenvalue weighted by Crippen LogP contribution is 2.24. The van der Waals surface area contributed by atoms with Crippen molar-refractivity contribution in [3.05, 3.63) is 40.9 Å². The van der Waals surface area contributed by atoms with Crippen LogP contribution in [0.2, 0.25) is 5.02 Å². The van der Waals surface area contributed by atoms with E-state index in [1.54, 1.807) is 14.2 Å². The number of hydrogen-bond acceptors (Lipinski definition) is 7. The lowest BCUT2D eigenvalue weighted by Crippen LogP contribution is -2.56. The molecule has 0 aromatic heterocycles. The molecule has 2 saturated heterocycles. The SMILES string of the molecule is CCCCCCCNC(=O)[C@@H]1OC[C@H](C)[C@H](OC)[C@H]1O.CO[C@@H]1[C@@H](O)[C@H](C=Cc2ccc(Cl)cc2)OC[C@@H]1C. The number of methoxy groups -OCH3 is 2. The largest absolute Gasteiger partial charge is 0.387 e. The first kappa shape index (κ1) is 33.7. The van der Waals surface area contributed by atoms with Crippen LogP contribution in [0.5, 0.6) is 0 Å². The summed E-state index contributed by atoms with van der Waals surface area (Å²) in [6, 6.07) is 7.51. The molecule has 1 aromatic carbocycles. The Morgan fingerprint density at radius 1 is 0.974 bits per heavy atom. The number of benzene rings is 1. The second kappa shape index (κ2) is 18.0. The van der Waals surface area contributed by atoms with Gasteiger partial charge in [0.05, 0.1) is 25.4 Å². The third-order valence-electron chi connectivity index (χ3n) is 7.26. The van der Waals surface area contributed by atoms with Crippen molar-refractivity contribution >= 4 is 23.6 Å². The molecule has 2 fully saturated rings. The van der Waals surface area contributed by atoms with Gasteiger partial charge in [0.15, 0.2) is 6.10 Å². The Morgan fingerprint density at radius 2 is 1.56 bits per heavy atom. The first-order valence-electron chi connectivity index (χ1n) is 14.1. The van der Waals surface area contributed by atoms with E-state index in [4.69, 9.17) is 30.5 Å². The predicted molar refractivity (Wildman–Crippen MR) is 154 cm³/mol. The smallest absolute Gasteiger partial charge is 0.251 e. The monoisotopic (exact) mass is 569 g/mol. The van der Waals surface area contributed by atoms with E-state index in [0.717, 1.165) is 18.4 Å². The average molecular weight is 570 g/mol. The Balaban J connectivity index is 0.000000274. The maximum atomic E-state index is 12.0. The summed E-state index contributed by atoms with van der Waals surface area (Å²) in [7, 11) is 3.17. The molecule has 1 amide bonds. The van der Waals surface area contributed by atoms with E-state index in [2.05, 4.69) is 12.2 Å². The van der Waals surface area contributed by atoms with Crippen LogP contribution < -0.4 is 5.32 Å². The molecule has 3 N–H and O–H groups in total. The number of ether oxygens (including phenoxy) is 4. The van der Waals surface area contributed by atoms with E-state index in [-0.39, 0.29) is 36.1 Å². The molecule has 0 unspecified atom stereocenters. The fraction of sp³-hybridized carbons (Fsp3) is 0.700. The maximum Gasteiger partial charge on any atom is 0.251 e. The number of hydrogen-bond donors (Lipinski definition) is 3. The summed E-state index contributed by atoms with van der Waals surface area (Å²) in [6.07, 6.45) is 6.33. The Bertz CT molecular complexity index is 852. The summed E-state index contributed by atoms with van der Waals surface area (Å²) in [4.78, 5) is 12.0. The second-order valence-corrected chi connectivity index (χ2v) is 10.9. The van der Waals surface area contributed by atoms with Crippen LogP contribution in [0.1, 0.15) is 58.4 Å². The standard InChI is InChI=1S/C15H19ClO3.C15H29NO4/c1-10-9-19-13(14(17)15(10)18-2)8-5-11-3-6-12(16)7-4-11;1-4-5-6-7-8-9-16-15(18)14-12(17)13(19-3)11(2)10-20-14/h3-8,10,13-15,17H,9H2,1-2H3;11-14,17H,4-10H2,1-3H3,(H,16,18)/t10-,13-,14-,15-;11-,12+,13-,14+/m00/s1. The van der Waals surface area contributed by atoms with Gasteiger partial charge in [-0.25, -0.2) is 0 Å². The van der Waals surface area contributed by atoms with Crippen molar-refractivity contribution in [3.63, 3.8) is 0 Å². The van der Waals surface area contributed by atoms with Gasteiger partial charge in [-0.05, 0) is 24.1 Å². The Hall–Kier alpha value is -1.52. The third-order valence-corrected chi connectivity index (χ3v) is 7.51. The van der Waals surface area contributed by atoms with Crippen LogP contribution in [-0.4, -0.2) is 86.7 Å². The van der Waals surface area contributed by atoms with Crippen LogP contribution in [-0.2, 0) is 23.7 Å². The van der Waals surface area contributed by atoms with E-state index in [1.165, 1.54) is 19.3 Å². The highest BCUT2D eigenvalue weighted by Gasteiger charge is 2.41. The topological polar surface area (TPSA) is 106 Å². The molecule has 8 atom stereocenters. The lowest BCUT2D eigenvalue weighted by Gasteiger charge is -2.37. The number of nitrogens with one attached hydrogen (secondary N) is 1. The van der Waals surface area contributed by atoms with Gasteiger partial charge in [0.2, 0.25) is 0 Å². The van der Waals surface area contributed by atoms with Crippen LogP contribution in [0.4, 0.5) is 0 Å². The van der Waals surface area contributed by atoms with Gasteiger partial charge in [0.1, 0.15) is 18.3 Å². The van der Waals surface area contributed by atoms with Gasteiger partial charge in [-0.1, -0.05) is 82.3 Å². The molecule has 3 rings (SSSR count). The lowest BCUT2D eigenvalue weighted by atomic mass is 9.93. The molecule has 2 heterocycles. The van der Waals surface area contributed by atoms with Crippen LogP contribution in [0.15, 0.2) is 30.3 Å². The van der Waals surface area contributed by atoms with Crippen LogP contribution in [0, 0.1) is 11.8 Å². The Morgan fingerprint density at radius 3 is 2.18 bits per heavy atom. The van der Waals surface area contributed by atoms with E-state index in [9.17, 15) is 15.0 Å². The van der Waals surface area contributed by atoms with Gasteiger partial charge in [0.25, 0.3) is 5.91 Å². The molecule has 0 aliphatic carbocycles. The number of aliphatic hydroxyl groups is 2. The molecule has 0 spiro atoms. The minimum absolute atomic E-state index is 0.0908. The second-order valence-electron chi connectivity index (χ2n) is 10.5. The normalized spacial score (nSPS) is 31.0. The summed E-state index contributed by atoms with van der Waals surface area (Å²) >= 11 is 5.83. The van der Waals surface area contributed by atoms with E-state index < -0.39 is 18.3 Å². The van der Waals surface area contributed by atoms with Gasteiger partial charge in [-0.3, -0.25) is 4.79 Å². The van der Waals surface area contributed by atoms with Gasteiger partial charge >= 0.3 is 0 Å². The lowest BCUT2D eigenvalue weighted by molar-refractivity contribution is -0.180. The molecule has 0 saturated carbocycles. The van der Waals surface area contributed by atoms with Crippen LogP contribution >= 0.6 is 11.6 Å². The van der Waals surface area contributed by atoms with Crippen LogP contribution in [0.3, 0.4) is 0 Å². The summed E-state index contributed by atoms with van der Waals surface area (Å²) in [5, 5.41) is 23.9. The molecule has 9 heteroatoms. The van der Waals surface area contributed by atoms with Gasteiger partial charge in [-0.15, -0.1) is 0 Å². The van der Waals surface area contributed by atoms with Crippen molar-refractivity contribution in [2.45, 2.75) is 89.5 Å². The van der Waals surface area contributed by atoms with Gasteiger partial charge in [-0.2, -0.15) is 0 Å². The number of unbranched alkanes of at least 4 members (excludes halogenated alkanes) is 4. The maximum absolute atomic E-state index is 12.0. The fourth-order valence-electron chi connectivity index (χ4n) is 4.90. The minimum Gasteiger partial charge on any atom is -0.387 e. The zero-order valence-corrected chi connectivity index (χ0v) is 24.8. The number of rotatable bonds is 11. The molecule has 39 heavy (non-hydrogen) atoms. The number of carbonyl (C=O) groups excluding carboxylic acids is 1. The van der Waals surface area contributed by atoms with E-state index in [1.807, 2.05) is 50.3 Å². The van der Waals surface area contributed by atoms with Crippen molar-refractivity contribution in [3.8, 4) is 0 Å². The highest BCUT2D eigenvalue weighted by atomic mass is 35.5.